The van der Waals surface area contributed by atoms with Gasteiger partial charge in [-0.05, 0) is 20.8 Å². The zero-order valence-corrected chi connectivity index (χ0v) is 14.4. The van der Waals surface area contributed by atoms with Crippen molar-refractivity contribution in [3.63, 3.8) is 0 Å². The van der Waals surface area contributed by atoms with Crippen LogP contribution < -0.4 is 5.32 Å². The van der Waals surface area contributed by atoms with Gasteiger partial charge in [0.15, 0.2) is 11.5 Å². The fourth-order valence-electron chi connectivity index (χ4n) is 2.86. The lowest BCUT2D eigenvalue weighted by molar-refractivity contribution is 0.521. The number of rotatable bonds is 4. The van der Waals surface area contributed by atoms with E-state index in [0.29, 0.717) is 17.6 Å². The van der Waals surface area contributed by atoms with Crippen LogP contribution in [0.3, 0.4) is 0 Å². The Hall–Kier alpha value is -3.22. The summed E-state index contributed by atoms with van der Waals surface area (Å²) in [6, 6.07) is 12.3. The number of fused-ring (bicyclic) bond motifs is 1. The molecule has 7 heteroatoms. The number of hydrogen-bond acceptors (Lipinski definition) is 5. The van der Waals surface area contributed by atoms with Crippen molar-refractivity contribution in [1.82, 2.24) is 29.4 Å². The van der Waals surface area contributed by atoms with Crippen LogP contribution >= 0.6 is 0 Å². The topological polar surface area (TPSA) is 72.9 Å². The van der Waals surface area contributed by atoms with Crippen molar-refractivity contribution < 1.29 is 0 Å². The van der Waals surface area contributed by atoms with E-state index in [2.05, 4.69) is 39.3 Å². The van der Waals surface area contributed by atoms with Gasteiger partial charge in [-0.25, -0.2) is 4.52 Å². The Labute approximate surface area is 145 Å². The maximum absolute atomic E-state index is 4.60. The number of anilines is 2. The predicted molar refractivity (Wildman–Crippen MR) is 96.8 cm³/mol. The minimum Gasteiger partial charge on any atom is -0.306 e. The van der Waals surface area contributed by atoms with E-state index in [-0.39, 0.29) is 0 Å². The van der Waals surface area contributed by atoms with Gasteiger partial charge in [0.2, 0.25) is 5.95 Å². The average Bonchev–Trinajstić information content (AvgIpc) is 3.18. The van der Waals surface area contributed by atoms with Gasteiger partial charge < -0.3 is 5.32 Å². The quantitative estimate of drug-likeness (QED) is 0.617. The Morgan fingerprint density at radius 1 is 1.08 bits per heavy atom. The SMILES string of the molecule is Cc1cc(Nc2nc3c(-c4ccccc4)nccn3n2)nn1C(C)C. The van der Waals surface area contributed by atoms with Crippen molar-refractivity contribution in [3.05, 3.63) is 54.5 Å². The molecular formula is C18H19N7. The van der Waals surface area contributed by atoms with Crippen LogP contribution in [0.1, 0.15) is 25.6 Å². The van der Waals surface area contributed by atoms with E-state index in [1.165, 1.54) is 0 Å². The number of aryl methyl sites for hydroxylation is 1. The third-order valence-corrected chi connectivity index (χ3v) is 3.95. The van der Waals surface area contributed by atoms with Gasteiger partial charge in [0, 0.05) is 35.8 Å². The second-order valence-corrected chi connectivity index (χ2v) is 6.18. The molecule has 0 fully saturated rings. The first-order valence-corrected chi connectivity index (χ1v) is 8.22. The second-order valence-electron chi connectivity index (χ2n) is 6.18. The van der Waals surface area contributed by atoms with Crippen molar-refractivity contribution in [1.29, 1.82) is 0 Å². The van der Waals surface area contributed by atoms with E-state index < -0.39 is 0 Å². The highest BCUT2D eigenvalue weighted by atomic mass is 15.4. The smallest absolute Gasteiger partial charge is 0.248 e. The molecule has 0 aliphatic rings. The second kappa shape index (κ2) is 6.01. The van der Waals surface area contributed by atoms with E-state index in [1.54, 1.807) is 16.9 Å². The van der Waals surface area contributed by atoms with Gasteiger partial charge >= 0.3 is 0 Å². The minimum atomic E-state index is 0.304. The summed E-state index contributed by atoms with van der Waals surface area (Å²) >= 11 is 0. The molecule has 0 saturated carbocycles. The Bertz CT molecular complexity index is 1010. The van der Waals surface area contributed by atoms with Crippen molar-refractivity contribution in [2.24, 2.45) is 0 Å². The van der Waals surface area contributed by atoms with Crippen LogP contribution in [0.4, 0.5) is 11.8 Å². The van der Waals surface area contributed by atoms with Gasteiger partial charge in [0.25, 0.3) is 0 Å². The van der Waals surface area contributed by atoms with Crippen molar-refractivity contribution >= 4 is 17.4 Å². The van der Waals surface area contributed by atoms with Gasteiger partial charge in [-0.2, -0.15) is 10.1 Å². The Balaban J connectivity index is 1.71. The first kappa shape index (κ1) is 15.3. The summed E-state index contributed by atoms with van der Waals surface area (Å²) in [6.07, 6.45) is 3.52. The van der Waals surface area contributed by atoms with E-state index in [9.17, 15) is 0 Å². The summed E-state index contributed by atoms with van der Waals surface area (Å²) in [4.78, 5) is 9.07. The standard InChI is InChI=1S/C18H19N7/c1-12(2)25-13(3)11-15(22-25)20-18-21-17-16(14-7-5-4-6-8-14)19-9-10-24(17)23-18/h4-12H,1-3H3,(H,20,22,23). The van der Waals surface area contributed by atoms with Gasteiger partial charge in [0.05, 0.1) is 0 Å². The van der Waals surface area contributed by atoms with Gasteiger partial charge in [-0.1, -0.05) is 30.3 Å². The van der Waals surface area contributed by atoms with Gasteiger partial charge in [-0.15, -0.1) is 5.10 Å². The molecule has 0 atom stereocenters. The molecule has 0 unspecified atom stereocenters. The van der Waals surface area contributed by atoms with E-state index >= 15 is 0 Å². The maximum Gasteiger partial charge on any atom is 0.248 e. The molecule has 126 valence electrons. The largest absolute Gasteiger partial charge is 0.306 e. The highest BCUT2D eigenvalue weighted by Gasteiger charge is 2.13. The van der Waals surface area contributed by atoms with Crippen LogP contribution in [0.5, 0.6) is 0 Å². The summed E-state index contributed by atoms with van der Waals surface area (Å²) < 4.78 is 3.69. The molecule has 0 saturated heterocycles. The fourth-order valence-corrected chi connectivity index (χ4v) is 2.86. The number of benzene rings is 1. The van der Waals surface area contributed by atoms with Crippen molar-refractivity contribution in [2.75, 3.05) is 5.32 Å². The molecule has 0 aliphatic carbocycles. The lowest BCUT2D eigenvalue weighted by atomic mass is 10.1. The summed E-state index contributed by atoms with van der Waals surface area (Å²) in [5.74, 6) is 1.23. The maximum atomic E-state index is 4.60. The van der Waals surface area contributed by atoms with Crippen LogP contribution in [-0.2, 0) is 0 Å². The monoisotopic (exact) mass is 333 g/mol. The normalized spacial score (nSPS) is 11.4. The Morgan fingerprint density at radius 3 is 2.60 bits per heavy atom. The molecule has 0 aliphatic heterocycles. The molecule has 0 spiro atoms. The highest BCUT2D eigenvalue weighted by molar-refractivity contribution is 5.74. The van der Waals surface area contributed by atoms with Crippen molar-refractivity contribution in [2.45, 2.75) is 26.8 Å². The Morgan fingerprint density at radius 2 is 1.88 bits per heavy atom. The molecule has 0 amide bonds. The minimum absolute atomic E-state index is 0.304. The molecule has 0 bridgehead atoms. The third-order valence-electron chi connectivity index (χ3n) is 3.95. The molecule has 1 aromatic carbocycles. The molecule has 3 aromatic heterocycles. The zero-order chi connectivity index (χ0) is 17.4. The summed E-state index contributed by atoms with van der Waals surface area (Å²) in [5, 5.41) is 12.2. The average molecular weight is 333 g/mol. The van der Waals surface area contributed by atoms with Crippen LogP contribution in [0.2, 0.25) is 0 Å². The van der Waals surface area contributed by atoms with E-state index in [0.717, 1.165) is 22.8 Å². The first-order chi connectivity index (χ1) is 12.1. The number of hydrogen-bond donors (Lipinski definition) is 1. The molecule has 0 radical (unpaired) electrons. The molecule has 7 nitrogen and oxygen atoms in total. The van der Waals surface area contributed by atoms with Gasteiger partial charge in [0.1, 0.15) is 5.69 Å². The molecular weight excluding hydrogens is 314 g/mol. The molecule has 25 heavy (non-hydrogen) atoms. The number of nitrogens with zero attached hydrogens (tertiary/aromatic N) is 6. The lowest BCUT2D eigenvalue weighted by Crippen LogP contribution is -2.05. The highest BCUT2D eigenvalue weighted by Crippen LogP contribution is 2.22. The molecule has 4 rings (SSSR count). The van der Waals surface area contributed by atoms with Crippen LogP contribution in [-0.4, -0.2) is 29.4 Å². The lowest BCUT2D eigenvalue weighted by Gasteiger charge is -2.06. The van der Waals surface area contributed by atoms with Crippen LogP contribution in [0.15, 0.2) is 48.8 Å². The van der Waals surface area contributed by atoms with E-state index in [4.69, 9.17) is 0 Å². The summed E-state index contributed by atoms with van der Waals surface area (Å²) in [7, 11) is 0. The predicted octanol–water partition coefficient (Wildman–Crippen LogP) is 3.62. The van der Waals surface area contributed by atoms with Crippen molar-refractivity contribution in [3.8, 4) is 11.3 Å². The summed E-state index contributed by atoms with van der Waals surface area (Å²) in [5.41, 5.74) is 3.60. The first-order valence-electron chi connectivity index (χ1n) is 8.22. The molecule has 4 aromatic rings. The van der Waals surface area contributed by atoms with Crippen LogP contribution in [0.25, 0.3) is 16.9 Å². The molecule has 1 N–H and O–H groups in total. The fraction of sp³-hybridized carbons (Fsp3) is 0.222. The molecule has 3 heterocycles. The van der Waals surface area contributed by atoms with E-state index in [1.807, 2.05) is 48.0 Å². The number of aromatic nitrogens is 6. The summed E-state index contributed by atoms with van der Waals surface area (Å²) in [6.45, 7) is 6.24. The third kappa shape index (κ3) is 2.84. The van der Waals surface area contributed by atoms with Crippen LogP contribution in [0, 0.1) is 6.92 Å². The zero-order valence-electron chi connectivity index (χ0n) is 14.4. The van der Waals surface area contributed by atoms with Gasteiger partial charge in [-0.3, -0.25) is 9.67 Å². The number of nitrogens with one attached hydrogen (secondary N) is 1. The Kier molecular flexibility index (Phi) is 3.68.